The summed E-state index contributed by atoms with van der Waals surface area (Å²) < 4.78 is 27.6. The predicted molar refractivity (Wildman–Crippen MR) is 136 cm³/mol. The molecule has 3 heterocycles. The Bertz CT molecular complexity index is 1440. The molecule has 0 atom stereocenters. The fourth-order valence-corrected chi connectivity index (χ4v) is 5.97. The zero-order valence-corrected chi connectivity index (χ0v) is 20.8. The van der Waals surface area contributed by atoms with Crippen molar-refractivity contribution in [2.45, 2.75) is 25.7 Å². The van der Waals surface area contributed by atoms with Crippen LogP contribution in [0.2, 0.25) is 0 Å². The van der Waals surface area contributed by atoms with Crippen LogP contribution in [0.25, 0.3) is 27.5 Å². The number of nitrogens with two attached hydrogens (primary N) is 1. The lowest BCUT2D eigenvalue weighted by atomic mass is 9.92. The van der Waals surface area contributed by atoms with E-state index in [2.05, 4.69) is 51.4 Å². The van der Waals surface area contributed by atoms with E-state index in [4.69, 9.17) is 10.7 Å². The minimum atomic E-state index is -3.10. The van der Waals surface area contributed by atoms with Crippen molar-refractivity contribution >= 4 is 48.2 Å². The fourth-order valence-electron chi connectivity index (χ4n) is 4.64. The van der Waals surface area contributed by atoms with Crippen molar-refractivity contribution in [2.75, 3.05) is 25.1 Å². The molecule has 2 aromatic heterocycles. The van der Waals surface area contributed by atoms with Gasteiger partial charge in [0.1, 0.15) is 5.82 Å². The summed E-state index contributed by atoms with van der Waals surface area (Å²) in [6.07, 6.45) is 6.56. The molecular weight excluding hydrogens is 502 g/mol. The van der Waals surface area contributed by atoms with Crippen LogP contribution in [0.4, 0.5) is 5.82 Å². The molecule has 0 aliphatic carbocycles. The predicted octanol–water partition coefficient (Wildman–Crippen LogP) is 4.50. The SMILES string of the molecule is CS(=O)(=O)N1CCC(CCc2nc3c(-c4ccc5ccccc5c4)cnn3c(N)c2Br)CC1. The lowest BCUT2D eigenvalue weighted by molar-refractivity contribution is 0.264. The summed E-state index contributed by atoms with van der Waals surface area (Å²) in [5, 5.41) is 6.85. The topological polar surface area (TPSA) is 93.6 Å². The number of aryl methyl sites for hydroxylation is 1. The smallest absolute Gasteiger partial charge is 0.211 e. The average molecular weight is 528 g/mol. The number of piperidine rings is 1. The Kier molecular flexibility index (Phi) is 5.88. The lowest BCUT2D eigenvalue weighted by Gasteiger charge is -2.30. The number of hydrogen-bond acceptors (Lipinski definition) is 5. The van der Waals surface area contributed by atoms with E-state index in [1.54, 1.807) is 8.82 Å². The van der Waals surface area contributed by atoms with E-state index in [1.165, 1.54) is 17.0 Å². The normalized spacial score (nSPS) is 16.1. The minimum Gasteiger partial charge on any atom is -0.383 e. The van der Waals surface area contributed by atoms with Crippen molar-refractivity contribution in [3.63, 3.8) is 0 Å². The number of nitrogen functional groups attached to an aromatic ring is 1. The Morgan fingerprint density at radius 3 is 2.58 bits per heavy atom. The molecule has 9 heteroatoms. The van der Waals surface area contributed by atoms with Gasteiger partial charge < -0.3 is 5.73 Å². The van der Waals surface area contributed by atoms with Gasteiger partial charge in [-0.15, -0.1) is 0 Å². The summed E-state index contributed by atoms with van der Waals surface area (Å²) in [5.74, 6) is 1.01. The molecule has 1 aliphatic heterocycles. The summed E-state index contributed by atoms with van der Waals surface area (Å²) in [6.45, 7) is 1.18. The van der Waals surface area contributed by atoms with E-state index in [0.29, 0.717) is 24.8 Å². The van der Waals surface area contributed by atoms with Gasteiger partial charge in [-0.1, -0.05) is 36.4 Å². The summed E-state index contributed by atoms with van der Waals surface area (Å²) in [4.78, 5) is 4.96. The maximum Gasteiger partial charge on any atom is 0.211 e. The number of aromatic nitrogens is 3. The van der Waals surface area contributed by atoms with Gasteiger partial charge in [0.2, 0.25) is 10.0 Å². The number of fused-ring (bicyclic) bond motifs is 2. The number of halogens is 1. The molecule has 0 amide bonds. The first kappa shape index (κ1) is 22.3. The zero-order valence-electron chi connectivity index (χ0n) is 18.4. The molecule has 1 saturated heterocycles. The summed E-state index contributed by atoms with van der Waals surface area (Å²) in [7, 11) is -3.10. The second kappa shape index (κ2) is 8.70. The van der Waals surface area contributed by atoms with Gasteiger partial charge >= 0.3 is 0 Å². The Morgan fingerprint density at radius 2 is 1.85 bits per heavy atom. The largest absolute Gasteiger partial charge is 0.383 e. The molecule has 0 spiro atoms. The summed E-state index contributed by atoms with van der Waals surface area (Å²) >= 11 is 3.62. The number of benzene rings is 2. The number of rotatable bonds is 5. The highest BCUT2D eigenvalue weighted by molar-refractivity contribution is 9.10. The van der Waals surface area contributed by atoms with Gasteiger partial charge in [0.15, 0.2) is 5.65 Å². The second-order valence-electron chi connectivity index (χ2n) is 8.76. The first-order valence-electron chi connectivity index (χ1n) is 11.1. The third-order valence-electron chi connectivity index (χ3n) is 6.58. The van der Waals surface area contributed by atoms with Crippen LogP contribution in [0.1, 0.15) is 25.0 Å². The van der Waals surface area contributed by atoms with Crippen LogP contribution in [-0.2, 0) is 16.4 Å². The van der Waals surface area contributed by atoms with Crippen molar-refractivity contribution in [2.24, 2.45) is 5.92 Å². The molecule has 5 rings (SSSR count). The maximum atomic E-state index is 11.8. The van der Waals surface area contributed by atoms with Crippen molar-refractivity contribution < 1.29 is 8.42 Å². The van der Waals surface area contributed by atoms with E-state index in [-0.39, 0.29) is 0 Å². The highest BCUT2D eigenvalue weighted by atomic mass is 79.9. The molecule has 1 fully saturated rings. The van der Waals surface area contributed by atoms with Crippen molar-refractivity contribution in [1.29, 1.82) is 0 Å². The first-order chi connectivity index (χ1) is 15.8. The van der Waals surface area contributed by atoms with E-state index >= 15 is 0 Å². The Morgan fingerprint density at radius 1 is 1.12 bits per heavy atom. The van der Waals surface area contributed by atoms with Crippen LogP contribution in [-0.4, -0.2) is 46.7 Å². The molecule has 33 heavy (non-hydrogen) atoms. The highest BCUT2D eigenvalue weighted by Gasteiger charge is 2.25. The van der Waals surface area contributed by atoms with Gasteiger partial charge in [0, 0.05) is 18.7 Å². The molecular formula is C24H26BrN5O2S. The molecule has 0 radical (unpaired) electrons. The molecule has 7 nitrogen and oxygen atoms in total. The van der Waals surface area contributed by atoms with Crippen molar-refractivity contribution in [3.8, 4) is 11.1 Å². The number of anilines is 1. The van der Waals surface area contributed by atoms with Crippen molar-refractivity contribution in [3.05, 3.63) is 58.8 Å². The highest BCUT2D eigenvalue weighted by Crippen LogP contribution is 2.33. The standard InChI is InChI=1S/C24H26BrN5O2S/c1-33(31,32)29-12-10-16(11-13-29)6-9-21-22(25)23(26)30-24(28-21)20(15-27-30)19-8-7-17-4-2-3-5-18(17)14-19/h2-5,7-8,14-16H,6,9-13,26H2,1H3. The van der Waals surface area contributed by atoms with E-state index in [9.17, 15) is 8.42 Å². The maximum absolute atomic E-state index is 11.8. The van der Waals surface area contributed by atoms with E-state index in [0.717, 1.165) is 52.6 Å². The molecule has 0 unspecified atom stereocenters. The molecule has 2 aromatic carbocycles. The lowest BCUT2D eigenvalue weighted by Crippen LogP contribution is -2.37. The third kappa shape index (κ3) is 4.37. The number of nitrogens with zero attached hydrogens (tertiary/aromatic N) is 4. The minimum absolute atomic E-state index is 0.471. The number of sulfonamides is 1. The van der Waals surface area contributed by atoms with E-state index < -0.39 is 10.0 Å². The Labute approximate surface area is 201 Å². The van der Waals surface area contributed by atoms with Gasteiger partial charge in [0.25, 0.3) is 0 Å². The van der Waals surface area contributed by atoms with Crippen LogP contribution < -0.4 is 5.73 Å². The molecule has 1 aliphatic rings. The van der Waals surface area contributed by atoms with Crippen molar-refractivity contribution in [1.82, 2.24) is 18.9 Å². The average Bonchev–Trinajstić information content (AvgIpc) is 3.24. The quantitative estimate of drug-likeness (QED) is 0.412. The molecule has 2 N–H and O–H groups in total. The molecule has 0 saturated carbocycles. The summed E-state index contributed by atoms with van der Waals surface area (Å²) in [6, 6.07) is 14.6. The van der Waals surface area contributed by atoms with Gasteiger partial charge in [-0.3, -0.25) is 0 Å². The van der Waals surface area contributed by atoms with Crippen LogP contribution in [0.3, 0.4) is 0 Å². The van der Waals surface area contributed by atoms with Crippen LogP contribution in [0.15, 0.2) is 53.1 Å². The molecule has 4 aromatic rings. The monoisotopic (exact) mass is 527 g/mol. The van der Waals surface area contributed by atoms with Gasteiger partial charge in [0.05, 0.1) is 22.6 Å². The Hall–Kier alpha value is -2.49. The van der Waals surface area contributed by atoms with E-state index in [1.807, 2.05) is 18.3 Å². The second-order valence-corrected chi connectivity index (χ2v) is 11.5. The molecule has 172 valence electrons. The molecule has 0 bridgehead atoms. The fraction of sp³-hybridized carbons (Fsp3) is 0.333. The zero-order chi connectivity index (χ0) is 23.2. The third-order valence-corrected chi connectivity index (χ3v) is 8.75. The number of hydrogen-bond donors (Lipinski definition) is 1. The van der Waals surface area contributed by atoms with Gasteiger partial charge in [-0.2, -0.15) is 9.61 Å². The Balaban J connectivity index is 1.41. The van der Waals surface area contributed by atoms with Crippen LogP contribution in [0.5, 0.6) is 0 Å². The van der Waals surface area contributed by atoms with Crippen LogP contribution in [0, 0.1) is 5.92 Å². The van der Waals surface area contributed by atoms with Gasteiger partial charge in [-0.25, -0.2) is 17.7 Å². The van der Waals surface area contributed by atoms with Gasteiger partial charge in [-0.05, 0) is 69.9 Å². The van der Waals surface area contributed by atoms with Crippen LogP contribution >= 0.6 is 15.9 Å². The first-order valence-corrected chi connectivity index (χ1v) is 13.7. The summed E-state index contributed by atoms with van der Waals surface area (Å²) in [5.41, 5.74) is 10.1.